The molecule has 4 N–H and O–H groups in total. The molecule has 1 aromatic heterocycles. The van der Waals surface area contributed by atoms with Gasteiger partial charge in [0, 0.05) is 11.4 Å². The second kappa shape index (κ2) is 4.67. The molecule has 2 rings (SSSR count). The Morgan fingerprint density at radius 3 is 2.50 bits per heavy atom. The number of urea groups is 1. The van der Waals surface area contributed by atoms with Crippen molar-refractivity contribution in [2.75, 3.05) is 16.4 Å². The zero-order valence-electron chi connectivity index (χ0n) is 8.44. The van der Waals surface area contributed by atoms with E-state index in [0.717, 1.165) is 5.00 Å². The first-order chi connectivity index (χ1) is 7.74. The molecule has 2 aromatic rings. The third kappa shape index (κ3) is 2.74. The van der Waals surface area contributed by atoms with Crippen molar-refractivity contribution in [3.63, 3.8) is 0 Å². The predicted molar refractivity (Wildman–Crippen MR) is 67.8 cm³/mol. The Labute approximate surface area is 97.1 Å². The number of benzene rings is 1. The molecule has 0 aliphatic rings. The van der Waals surface area contributed by atoms with E-state index in [9.17, 15) is 4.79 Å². The zero-order chi connectivity index (χ0) is 11.4. The fourth-order valence-electron chi connectivity index (χ4n) is 1.19. The summed E-state index contributed by atoms with van der Waals surface area (Å²) in [6.07, 6.45) is 0. The van der Waals surface area contributed by atoms with Crippen molar-refractivity contribution in [3.8, 4) is 0 Å². The number of carbonyl (C=O) groups is 1. The van der Waals surface area contributed by atoms with E-state index >= 15 is 0 Å². The van der Waals surface area contributed by atoms with E-state index in [1.807, 2.05) is 17.5 Å². The van der Waals surface area contributed by atoms with Crippen LogP contribution in [-0.4, -0.2) is 6.03 Å². The quantitative estimate of drug-likeness (QED) is 0.698. The Morgan fingerprint density at radius 2 is 1.88 bits per heavy atom. The second-order valence-corrected chi connectivity index (χ2v) is 4.13. The van der Waals surface area contributed by atoms with E-state index in [1.165, 1.54) is 11.3 Å². The van der Waals surface area contributed by atoms with Gasteiger partial charge in [0.1, 0.15) is 0 Å². The van der Waals surface area contributed by atoms with Gasteiger partial charge in [-0.2, -0.15) is 0 Å². The summed E-state index contributed by atoms with van der Waals surface area (Å²) < 4.78 is 0. The standard InChI is InChI=1S/C11H11N3OS/c12-8-3-5-9(6-4-8)13-11(15)14-10-2-1-7-16-10/h1-7H,12H2,(H2,13,14,15). The predicted octanol–water partition coefficient (Wildman–Crippen LogP) is 2.97. The maximum Gasteiger partial charge on any atom is 0.324 e. The summed E-state index contributed by atoms with van der Waals surface area (Å²) >= 11 is 1.47. The van der Waals surface area contributed by atoms with Crippen molar-refractivity contribution in [2.24, 2.45) is 0 Å². The van der Waals surface area contributed by atoms with Gasteiger partial charge in [-0.15, -0.1) is 11.3 Å². The lowest BCUT2D eigenvalue weighted by molar-refractivity contribution is 0.262. The Balaban J connectivity index is 1.95. The average Bonchev–Trinajstić information content (AvgIpc) is 2.74. The molecule has 0 spiro atoms. The summed E-state index contributed by atoms with van der Waals surface area (Å²) in [7, 11) is 0. The van der Waals surface area contributed by atoms with Crippen LogP contribution in [0.25, 0.3) is 0 Å². The van der Waals surface area contributed by atoms with E-state index in [4.69, 9.17) is 5.73 Å². The molecule has 82 valence electrons. The molecule has 0 aliphatic heterocycles. The number of nitrogen functional groups attached to an aromatic ring is 1. The molecule has 1 aromatic carbocycles. The Hall–Kier alpha value is -2.01. The summed E-state index contributed by atoms with van der Waals surface area (Å²) in [5, 5.41) is 8.15. The Kier molecular flexibility index (Phi) is 3.07. The highest BCUT2D eigenvalue weighted by atomic mass is 32.1. The van der Waals surface area contributed by atoms with Gasteiger partial charge in [0.15, 0.2) is 0 Å². The molecule has 0 saturated heterocycles. The van der Waals surface area contributed by atoms with E-state index in [2.05, 4.69) is 10.6 Å². The average molecular weight is 233 g/mol. The molecule has 4 nitrogen and oxygen atoms in total. The lowest BCUT2D eigenvalue weighted by Gasteiger charge is -2.05. The van der Waals surface area contributed by atoms with Gasteiger partial charge in [0.05, 0.1) is 5.00 Å². The minimum atomic E-state index is -0.257. The third-order valence-electron chi connectivity index (χ3n) is 1.93. The van der Waals surface area contributed by atoms with Crippen LogP contribution in [0.15, 0.2) is 41.8 Å². The highest BCUT2D eigenvalue weighted by Crippen LogP contribution is 2.16. The molecule has 0 radical (unpaired) electrons. The fraction of sp³-hybridized carbons (Fsp3) is 0. The van der Waals surface area contributed by atoms with Crippen molar-refractivity contribution >= 4 is 33.7 Å². The minimum absolute atomic E-state index is 0.257. The van der Waals surface area contributed by atoms with Gasteiger partial charge in [0.25, 0.3) is 0 Å². The molecular formula is C11H11N3OS. The first-order valence-electron chi connectivity index (χ1n) is 4.71. The molecule has 16 heavy (non-hydrogen) atoms. The molecule has 0 bridgehead atoms. The number of anilines is 3. The largest absolute Gasteiger partial charge is 0.399 e. The van der Waals surface area contributed by atoms with Crippen molar-refractivity contribution in [1.82, 2.24) is 0 Å². The SMILES string of the molecule is Nc1ccc(NC(=O)Nc2cccs2)cc1. The van der Waals surface area contributed by atoms with E-state index in [0.29, 0.717) is 11.4 Å². The number of hydrogen-bond donors (Lipinski definition) is 3. The van der Waals surface area contributed by atoms with Crippen LogP contribution in [-0.2, 0) is 0 Å². The first-order valence-corrected chi connectivity index (χ1v) is 5.59. The molecule has 0 saturated carbocycles. The van der Waals surface area contributed by atoms with Gasteiger partial charge >= 0.3 is 6.03 Å². The normalized spacial score (nSPS) is 9.75. The van der Waals surface area contributed by atoms with Crippen LogP contribution in [0.5, 0.6) is 0 Å². The fourth-order valence-corrected chi connectivity index (χ4v) is 1.80. The van der Waals surface area contributed by atoms with Crippen LogP contribution in [0.3, 0.4) is 0 Å². The lowest BCUT2D eigenvalue weighted by Crippen LogP contribution is -2.18. The molecule has 0 aliphatic carbocycles. The van der Waals surface area contributed by atoms with Gasteiger partial charge in [-0.3, -0.25) is 5.32 Å². The van der Waals surface area contributed by atoms with Gasteiger partial charge < -0.3 is 11.1 Å². The first kappa shape index (κ1) is 10.5. The maximum absolute atomic E-state index is 11.5. The monoisotopic (exact) mass is 233 g/mol. The number of nitrogens with two attached hydrogens (primary N) is 1. The van der Waals surface area contributed by atoms with E-state index in [-0.39, 0.29) is 6.03 Å². The molecule has 5 heteroatoms. The third-order valence-corrected chi connectivity index (χ3v) is 2.71. The van der Waals surface area contributed by atoms with Crippen molar-refractivity contribution < 1.29 is 4.79 Å². The summed E-state index contributed by atoms with van der Waals surface area (Å²) in [4.78, 5) is 11.5. The molecular weight excluding hydrogens is 222 g/mol. The van der Waals surface area contributed by atoms with Crippen LogP contribution in [0, 0.1) is 0 Å². The number of nitrogens with one attached hydrogen (secondary N) is 2. The summed E-state index contributed by atoms with van der Waals surface area (Å²) in [5.74, 6) is 0. The smallest absolute Gasteiger partial charge is 0.324 e. The van der Waals surface area contributed by atoms with E-state index in [1.54, 1.807) is 24.3 Å². The maximum atomic E-state index is 11.5. The lowest BCUT2D eigenvalue weighted by atomic mass is 10.3. The summed E-state index contributed by atoms with van der Waals surface area (Å²) in [6.45, 7) is 0. The van der Waals surface area contributed by atoms with Crippen LogP contribution in [0.2, 0.25) is 0 Å². The minimum Gasteiger partial charge on any atom is -0.399 e. The highest BCUT2D eigenvalue weighted by Gasteiger charge is 2.02. The van der Waals surface area contributed by atoms with Gasteiger partial charge in [0.2, 0.25) is 0 Å². The van der Waals surface area contributed by atoms with Crippen molar-refractivity contribution in [3.05, 3.63) is 41.8 Å². The number of carbonyl (C=O) groups excluding carboxylic acids is 1. The molecule has 0 atom stereocenters. The topological polar surface area (TPSA) is 67.1 Å². The van der Waals surface area contributed by atoms with Gasteiger partial charge in [-0.1, -0.05) is 0 Å². The molecule has 0 unspecified atom stereocenters. The Bertz CT molecular complexity index is 464. The highest BCUT2D eigenvalue weighted by molar-refractivity contribution is 7.14. The van der Waals surface area contributed by atoms with E-state index < -0.39 is 0 Å². The van der Waals surface area contributed by atoms with Crippen LogP contribution >= 0.6 is 11.3 Å². The van der Waals surface area contributed by atoms with Crippen LogP contribution in [0.1, 0.15) is 0 Å². The molecule has 1 heterocycles. The van der Waals surface area contributed by atoms with Crippen LogP contribution < -0.4 is 16.4 Å². The molecule has 2 amide bonds. The number of rotatable bonds is 2. The van der Waals surface area contributed by atoms with Gasteiger partial charge in [-0.05, 0) is 41.8 Å². The summed E-state index contributed by atoms with van der Waals surface area (Å²) in [5.41, 5.74) is 6.92. The second-order valence-electron chi connectivity index (χ2n) is 3.18. The number of amides is 2. The summed E-state index contributed by atoms with van der Waals surface area (Å²) in [6, 6.07) is 10.4. The van der Waals surface area contributed by atoms with Crippen molar-refractivity contribution in [2.45, 2.75) is 0 Å². The number of hydrogen-bond acceptors (Lipinski definition) is 3. The van der Waals surface area contributed by atoms with Gasteiger partial charge in [-0.25, -0.2) is 4.79 Å². The number of thiophene rings is 1. The Morgan fingerprint density at radius 1 is 1.12 bits per heavy atom. The van der Waals surface area contributed by atoms with Crippen molar-refractivity contribution in [1.29, 1.82) is 0 Å². The zero-order valence-corrected chi connectivity index (χ0v) is 9.25. The van der Waals surface area contributed by atoms with Crippen LogP contribution in [0.4, 0.5) is 21.2 Å². The molecule has 0 fully saturated rings.